The molecule has 4 aromatic rings. The molecule has 0 bridgehead atoms. The molecular formula is C20H17N5O2S. The molecule has 0 aliphatic carbocycles. The number of methoxy groups -OCH3 is 1. The van der Waals surface area contributed by atoms with E-state index in [1.165, 1.54) is 17.7 Å². The van der Waals surface area contributed by atoms with Crippen LogP contribution in [-0.2, 0) is 6.54 Å². The first kappa shape index (κ1) is 17.9. The third-order valence-electron chi connectivity index (χ3n) is 4.10. The van der Waals surface area contributed by atoms with Crippen molar-refractivity contribution in [3.63, 3.8) is 0 Å². The Kier molecular flexibility index (Phi) is 5.11. The van der Waals surface area contributed by atoms with Gasteiger partial charge in [-0.1, -0.05) is 12.1 Å². The van der Waals surface area contributed by atoms with Crippen molar-refractivity contribution in [2.45, 2.75) is 6.54 Å². The molecule has 0 aliphatic heterocycles. The smallest absolute Gasteiger partial charge is 0.275 e. The molecule has 0 spiro atoms. The van der Waals surface area contributed by atoms with Crippen molar-refractivity contribution in [3.05, 3.63) is 77.8 Å². The normalized spacial score (nSPS) is 10.6. The van der Waals surface area contributed by atoms with Gasteiger partial charge in [0.2, 0.25) is 0 Å². The summed E-state index contributed by atoms with van der Waals surface area (Å²) in [6.07, 6.45) is 3.17. The molecule has 1 amide bonds. The van der Waals surface area contributed by atoms with Crippen molar-refractivity contribution in [3.8, 4) is 16.3 Å². The second-order valence-electron chi connectivity index (χ2n) is 6.01. The average molecular weight is 391 g/mol. The molecule has 0 unspecified atom stereocenters. The quantitative estimate of drug-likeness (QED) is 0.542. The second-order valence-corrected chi connectivity index (χ2v) is 6.87. The number of nitrogens with one attached hydrogen (secondary N) is 1. The molecule has 140 valence electrons. The molecule has 2 heterocycles. The van der Waals surface area contributed by atoms with Crippen LogP contribution in [0, 0.1) is 0 Å². The molecule has 0 saturated heterocycles. The third-order valence-corrected chi connectivity index (χ3v) is 4.99. The minimum Gasteiger partial charge on any atom is -0.497 e. The van der Waals surface area contributed by atoms with Gasteiger partial charge in [-0.2, -0.15) is 5.10 Å². The molecule has 28 heavy (non-hydrogen) atoms. The lowest BCUT2D eigenvalue weighted by atomic mass is 10.2. The Morgan fingerprint density at radius 1 is 1.14 bits per heavy atom. The highest BCUT2D eigenvalue weighted by Gasteiger charge is 2.12. The fourth-order valence-electron chi connectivity index (χ4n) is 2.63. The van der Waals surface area contributed by atoms with Crippen LogP contribution in [0.3, 0.4) is 0 Å². The number of rotatable bonds is 6. The second kappa shape index (κ2) is 8.01. The summed E-state index contributed by atoms with van der Waals surface area (Å²) in [7, 11) is 1.63. The molecular weight excluding hydrogens is 374 g/mol. The van der Waals surface area contributed by atoms with Gasteiger partial charge in [0.1, 0.15) is 29.1 Å². The molecule has 0 atom stereocenters. The van der Waals surface area contributed by atoms with E-state index in [1.807, 2.05) is 48.5 Å². The van der Waals surface area contributed by atoms with Crippen molar-refractivity contribution in [1.82, 2.24) is 19.7 Å². The van der Waals surface area contributed by atoms with Crippen LogP contribution in [0.4, 0.5) is 5.69 Å². The lowest BCUT2D eigenvalue weighted by molar-refractivity contribution is 0.102. The van der Waals surface area contributed by atoms with Crippen molar-refractivity contribution < 1.29 is 9.53 Å². The molecule has 7 nitrogen and oxygen atoms in total. The summed E-state index contributed by atoms with van der Waals surface area (Å²) < 4.78 is 6.90. The standard InChI is InChI=1S/C20H17N5O2S/c1-27-17-8-4-15(5-9-17)20-24-18(11-28-20)19(26)23-16-6-2-14(3-7-16)10-25-13-21-12-22-25/h2-9,11-13H,10H2,1H3,(H,23,26). The van der Waals surface area contributed by atoms with Crippen molar-refractivity contribution in [2.75, 3.05) is 12.4 Å². The van der Waals surface area contributed by atoms with Gasteiger partial charge in [0.05, 0.1) is 13.7 Å². The van der Waals surface area contributed by atoms with Gasteiger partial charge in [0.15, 0.2) is 0 Å². The summed E-state index contributed by atoms with van der Waals surface area (Å²) in [5.74, 6) is 0.547. The van der Waals surface area contributed by atoms with E-state index in [2.05, 4.69) is 20.4 Å². The lowest BCUT2D eigenvalue weighted by Gasteiger charge is -2.05. The number of nitrogens with zero attached hydrogens (tertiary/aromatic N) is 4. The van der Waals surface area contributed by atoms with Crippen LogP contribution in [0.25, 0.3) is 10.6 Å². The largest absolute Gasteiger partial charge is 0.497 e. The summed E-state index contributed by atoms with van der Waals surface area (Å²) in [6, 6.07) is 15.2. The van der Waals surface area contributed by atoms with Crippen molar-refractivity contribution in [2.24, 2.45) is 0 Å². The van der Waals surface area contributed by atoms with Crippen LogP contribution in [0.2, 0.25) is 0 Å². The average Bonchev–Trinajstić information content (AvgIpc) is 3.42. The molecule has 1 N–H and O–H groups in total. The Morgan fingerprint density at radius 3 is 2.61 bits per heavy atom. The van der Waals surface area contributed by atoms with Gasteiger partial charge in [-0.05, 0) is 42.0 Å². The third kappa shape index (κ3) is 4.07. The molecule has 2 aromatic heterocycles. The monoisotopic (exact) mass is 391 g/mol. The fourth-order valence-corrected chi connectivity index (χ4v) is 3.44. The van der Waals surface area contributed by atoms with Crippen LogP contribution in [0.15, 0.2) is 66.6 Å². The highest BCUT2D eigenvalue weighted by molar-refractivity contribution is 7.13. The Bertz CT molecular complexity index is 1060. The number of hydrogen-bond acceptors (Lipinski definition) is 6. The van der Waals surface area contributed by atoms with E-state index in [0.29, 0.717) is 17.9 Å². The highest BCUT2D eigenvalue weighted by atomic mass is 32.1. The number of amides is 1. The maximum Gasteiger partial charge on any atom is 0.275 e. The number of aromatic nitrogens is 4. The number of thiazole rings is 1. The van der Waals surface area contributed by atoms with Crippen LogP contribution in [0.1, 0.15) is 16.1 Å². The SMILES string of the molecule is COc1ccc(-c2nc(C(=O)Nc3ccc(Cn4cncn4)cc3)cs2)cc1. The molecule has 0 aliphatic rings. The summed E-state index contributed by atoms with van der Waals surface area (Å²) in [5, 5.41) is 9.50. The zero-order chi connectivity index (χ0) is 19.3. The zero-order valence-corrected chi connectivity index (χ0v) is 15.9. The fraction of sp³-hybridized carbons (Fsp3) is 0.100. The Labute approximate surface area is 165 Å². The van der Waals surface area contributed by atoms with E-state index < -0.39 is 0 Å². The number of carbonyl (C=O) groups excluding carboxylic acids is 1. The minimum absolute atomic E-state index is 0.236. The highest BCUT2D eigenvalue weighted by Crippen LogP contribution is 2.26. The molecule has 0 saturated carbocycles. The first-order valence-corrected chi connectivity index (χ1v) is 9.42. The van der Waals surface area contributed by atoms with Crippen molar-refractivity contribution >= 4 is 22.9 Å². The van der Waals surface area contributed by atoms with Crippen LogP contribution in [-0.4, -0.2) is 32.8 Å². The number of hydrogen-bond donors (Lipinski definition) is 1. The number of carbonyl (C=O) groups is 1. The maximum atomic E-state index is 12.5. The van der Waals surface area contributed by atoms with E-state index in [1.54, 1.807) is 23.5 Å². The molecule has 2 aromatic carbocycles. The Morgan fingerprint density at radius 2 is 1.93 bits per heavy atom. The summed E-state index contributed by atoms with van der Waals surface area (Å²) in [4.78, 5) is 20.9. The minimum atomic E-state index is -0.236. The Balaban J connectivity index is 1.41. The molecule has 0 fully saturated rings. The van der Waals surface area contributed by atoms with Gasteiger partial charge in [-0.3, -0.25) is 4.79 Å². The summed E-state index contributed by atoms with van der Waals surface area (Å²) in [5.41, 5.74) is 3.12. The van der Waals surface area contributed by atoms with Gasteiger partial charge >= 0.3 is 0 Å². The van der Waals surface area contributed by atoms with E-state index in [-0.39, 0.29) is 5.91 Å². The van der Waals surface area contributed by atoms with Crippen LogP contribution in [0.5, 0.6) is 5.75 Å². The van der Waals surface area contributed by atoms with Gasteiger partial charge in [0, 0.05) is 16.6 Å². The number of anilines is 1. The topological polar surface area (TPSA) is 81.9 Å². The predicted molar refractivity (Wildman–Crippen MR) is 108 cm³/mol. The van der Waals surface area contributed by atoms with Gasteiger partial charge < -0.3 is 10.1 Å². The first-order chi connectivity index (χ1) is 13.7. The van der Waals surface area contributed by atoms with Crippen LogP contribution < -0.4 is 10.1 Å². The van der Waals surface area contributed by atoms with E-state index in [9.17, 15) is 4.79 Å². The van der Waals surface area contributed by atoms with Crippen molar-refractivity contribution in [1.29, 1.82) is 0 Å². The van der Waals surface area contributed by atoms with E-state index >= 15 is 0 Å². The van der Waals surface area contributed by atoms with Gasteiger partial charge in [-0.25, -0.2) is 14.6 Å². The predicted octanol–water partition coefficient (Wildman–Crippen LogP) is 3.71. The zero-order valence-electron chi connectivity index (χ0n) is 15.1. The summed E-state index contributed by atoms with van der Waals surface area (Å²) in [6.45, 7) is 0.630. The molecule has 4 rings (SSSR count). The summed E-state index contributed by atoms with van der Waals surface area (Å²) >= 11 is 1.43. The van der Waals surface area contributed by atoms with E-state index in [4.69, 9.17) is 4.74 Å². The molecule has 0 radical (unpaired) electrons. The van der Waals surface area contributed by atoms with Gasteiger partial charge in [0.25, 0.3) is 5.91 Å². The first-order valence-electron chi connectivity index (χ1n) is 8.54. The number of benzene rings is 2. The van der Waals surface area contributed by atoms with Crippen LogP contribution >= 0.6 is 11.3 Å². The van der Waals surface area contributed by atoms with Gasteiger partial charge in [-0.15, -0.1) is 11.3 Å². The number of ether oxygens (including phenoxy) is 1. The van der Waals surface area contributed by atoms with E-state index in [0.717, 1.165) is 21.9 Å². The lowest BCUT2D eigenvalue weighted by Crippen LogP contribution is -2.12. The maximum absolute atomic E-state index is 12.5. The molecule has 8 heteroatoms. The Hall–Kier alpha value is -3.52.